The first kappa shape index (κ1) is 8.65. The van der Waals surface area contributed by atoms with E-state index in [0.717, 1.165) is 4.47 Å². The summed E-state index contributed by atoms with van der Waals surface area (Å²) in [5.74, 6) is 0. The Balaban J connectivity index is 3.04. The highest BCUT2D eigenvalue weighted by molar-refractivity contribution is 9.10. The molecule has 0 saturated carbocycles. The number of halogens is 1. The molecule has 0 atom stereocenters. The van der Waals surface area contributed by atoms with E-state index >= 15 is 0 Å². The molecule has 3 nitrogen and oxygen atoms in total. The standard InChI is InChI=1S/C8H4BrNO2S/c9-4-1-2-6-5(3-4)7(11)10-8(13)12-6/h1-3H,(H,10,11,13). The lowest BCUT2D eigenvalue weighted by atomic mass is 10.3. The molecule has 0 spiro atoms. The van der Waals surface area contributed by atoms with Crippen LogP contribution in [-0.4, -0.2) is 4.98 Å². The zero-order valence-corrected chi connectivity index (χ0v) is 8.74. The molecule has 0 fully saturated rings. The van der Waals surface area contributed by atoms with Crippen molar-refractivity contribution in [2.75, 3.05) is 0 Å². The highest BCUT2D eigenvalue weighted by Crippen LogP contribution is 2.16. The fourth-order valence-electron chi connectivity index (χ4n) is 1.05. The monoisotopic (exact) mass is 257 g/mol. The molecular weight excluding hydrogens is 254 g/mol. The van der Waals surface area contributed by atoms with Gasteiger partial charge in [-0.2, -0.15) is 0 Å². The molecule has 2 rings (SSSR count). The number of aromatic amines is 1. The topological polar surface area (TPSA) is 46.0 Å². The number of nitrogens with one attached hydrogen (secondary N) is 1. The Bertz CT molecular complexity index is 572. The van der Waals surface area contributed by atoms with Crippen molar-refractivity contribution >= 4 is 39.1 Å². The molecule has 0 bridgehead atoms. The largest absolute Gasteiger partial charge is 0.431 e. The van der Waals surface area contributed by atoms with E-state index in [1.807, 2.05) is 0 Å². The average molecular weight is 258 g/mol. The maximum absolute atomic E-state index is 11.3. The van der Waals surface area contributed by atoms with Crippen LogP contribution in [0.15, 0.2) is 31.9 Å². The minimum Gasteiger partial charge on any atom is -0.431 e. The van der Waals surface area contributed by atoms with Gasteiger partial charge in [0.25, 0.3) is 10.4 Å². The van der Waals surface area contributed by atoms with Crippen LogP contribution in [0.3, 0.4) is 0 Å². The summed E-state index contributed by atoms with van der Waals surface area (Å²) < 4.78 is 5.97. The highest BCUT2D eigenvalue weighted by atomic mass is 79.9. The Morgan fingerprint density at radius 2 is 2.23 bits per heavy atom. The van der Waals surface area contributed by atoms with Gasteiger partial charge in [0.05, 0.1) is 5.39 Å². The quantitative estimate of drug-likeness (QED) is 0.739. The van der Waals surface area contributed by atoms with Crippen LogP contribution in [-0.2, 0) is 0 Å². The lowest BCUT2D eigenvalue weighted by molar-refractivity contribution is 0.557. The first-order valence-corrected chi connectivity index (χ1v) is 4.69. The minimum atomic E-state index is -0.229. The molecule has 0 aliphatic rings. The second kappa shape index (κ2) is 3.08. The summed E-state index contributed by atoms with van der Waals surface area (Å²) in [7, 11) is 0. The summed E-state index contributed by atoms with van der Waals surface area (Å²) in [6.45, 7) is 0. The molecule has 1 aromatic heterocycles. The average Bonchev–Trinajstić information content (AvgIpc) is 2.06. The zero-order chi connectivity index (χ0) is 9.42. The summed E-state index contributed by atoms with van der Waals surface area (Å²) in [4.78, 5) is 13.9. The van der Waals surface area contributed by atoms with Gasteiger partial charge in [0.15, 0.2) is 0 Å². The number of benzene rings is 1. The normalized spacial score (nSPS) is 10.5. The van der Waals surface area contributed by atoms with Gasteiger partial charge in [0.1, 0.15) is 5.58 Å². The summed E-state index contributed by atoms with van der Waals surface area (Å²) in [5, 5.41) is 0.489. The lowest BCUT2D eigenvalue weighted by Gasteiger charge is -1.95. The second-order valence-corrected chi connectivity index (χ2v) is 3.77. The van der Waals surface area contributed by atoms with E-state index in [2.05, 4.69) is 20.9 Å². The van der Waals surface area contributed by atoms with Gasteiger partial charge in [-0.15, -0.1) is 0 Å². The van der Waals surface area contributed by atoms with Crippen molar-refractivity contribution in [3.05, 3.63) is 37.9 Å². The maximum Gasteiger partial charge on any atom is 0.269 e. The van der Waals surface area contributed by atoms with E-state index in [4.69, 9.17) is 16.6 Å². The molecule has 0 radical (unpaired) electrons. The van der Waals surface area contributed by atoms with Crippen LogP contribution in [0, 0.1) is 4.84 Å². The van der Waals surface area contributed by atoms with Crippen molar-refractivity contribution in [2.45, 2.75) is 0 Å². The van der Waals surface area contributed by atoms with Crippen LogP contribution < -0.4 is 5.56 Å². The molecule has 13 heavy (non-hydrogen) atoms. The predicted molar refractivity (Wildman–Crippen MR) is 55.4 cm³/mol. The van der Waals surface area contributed by atoms with E-state index in [-0.39, 0.29) is 10.4 Å². The second-order valence-electron chi connectivity index (χ2n) is 2.48. The summed E-state index contributed by atoms with van der Waals surface area (Å²) in [6, 6.07) is 5.18. The van der Waals surface area contributed by atoms with Crippen LogP contribution in [0.4, 0.5) is 0 Å². The van der Waals surface area contributed by atoms with Gasteiger partial charge < -0.3 is 4.42 Å². The molecule has 1 N–H and O–H groups in total. The van der Waals surface area contributed by atoms with Crippen LogP contribution in [0.5, 0.6) is 0 Å². The first-order valence-electron chi connectivity index (χ1n) is 3.49. The van der Waals surface area contributed by atoms with Gasteiger partial charge in [-0.1, -0.05) is 15.9 Å². The first-order chi connectivity index (χ1) is 6.16. The van der Waals surface area contributed by atoms with E-state index < -0.39 is 0 Å². The predicted octanol–water partition coefficient (Wildman–Crippen LogP) is 2.61. The van der Waals surface area contributed by atoms with Crippen molar-refractivity contribution in [1.82, 2.24) is 4.98 Å². The van der Waals surface area contributed by atoms with Gasteiger partial charge in [0.2, 0.25) is 0 Å². The number of H-pyrrole nitrogens is 1. The molecule has 0 aliphatic carbocycles. The van der Waals surface area contributed by atoms with E-state index in [0.29, 0.717) is 11.0 Å². The van der Waals surface area contributed by atoms with Crippen molar-refractivity contribution in [2.24, 2.45) is 0 Å². The van der Waals surface area contributed by atoms with Crippen molar-refractivity contribution in [1.29, 1.82) is 0 Å². The fourth-order valence-corrected chi connectivity index (χ4v) is 1.60. The zero-order valence-electron chi connectivity index (χ0n) is 6.33. The van der Waals surface area contributed by atoms with Crippen LogP contribution in [0.1, 0.15) is 0 Å². The number of hydrogen-bond acceptors (Lipinski definition) is 3. The minimum absolute atomic E-state index is 0.0971. The molecule has 1 aromatic carbocycles. The van der Waals surface area contributed by atoms with E-state index in [1.165, 1.54) is 0 Å². The third-order valence-corrected chi connectivity index (χ3v) is 2.28. The molecule has 0 unspecified atom stereocenters. The molecule has 0 amide bonds. The lowest BCUT2D eigenvalue weighted by Crippen LogP contribution is -2.05. The Hall–Kier alpha value is -0.940. The Kier molecular flexibility index (Phi) is 2.05. The van der Waals surface area contributed by atoms with Crippen molar-refractivity contribution in [3.8, 4) is 0 Å². The number of hydrogen-bond donors (Lipinski definition) is 1. The molecule has 2 aromatic rings. The number of aromatic nitrogens is 1. The third kappa shape index (κ3) is 1.57. The van der Waals surface area contributed by atoms with Gasteiger partial charge in [-0.25, -0.2) is 0 Å². The molecule has 66 valence electrons. The molecule has 0 saturated heterocycles. The van der Waals surface area contributed by atoms with Gasteiger partial charge in [-0.3, -0.25) is 9.78 Å². The molecular formula is C8H4BrNO2S. The van der Waals surface area contributed by atoms with Crippen LogP contribution in [0.2, 0.25) is 0 Å². The van der Waals surface area contributed by atoms with E-state index in [9.17, 15) is 4.79 Å². The van der Waals surface area contributed by atoms with Crippen LogP contribution >= 0.6 is 28.1 Å². The van der Waals surface area contributed by atoms with Crippen LogP contribution in [0.25, 0.3) is 11.0 Å². The summed E-state index contributed by atoms with van der Waals surface area (Å²) in [5.41, 5.74) is 0.268. The molecule has 5 heteroatoms. The number of rotatable bonds is 0. The fraction of sp³-hybridized carbons (Fsp3) is 0. The third-order valence-electron chi connectivity index (χ3n) is 1.60. The van der Waals surface area contributed by atoms with Crippen molar-refractivity contribution < 1.29 is 4.42 Å². The van der Waals surface area contributed by atoms with E-state index in [1.54, 1.807) is 18.2 Å². The SMILES string of the molecule is O=c1[nH]c(=S)oc2ccc(Br)cc12. The molecule has 1 heterocycles. The Morgan fingerprint density at radius 3 is 3.00 bits per heavy atom. The van der Waals surface area contributed by atoms with Gasteiger partial charge in [0, 0.05) is 4.47 Å². The van der Waals surface area contributed by atoms with Gasteiger partial charge in [-0.05, 0) is 30.4 Å². The smallest absolute Gasteiger partial charge is 0.269 e. The van der Waals surface area contributed by atoms with Crippen molar-refractivity contribution in [3.63, 3.8) is 0 Å². The summed E-state index contributed by atoms with van der Waals surface area (Å²) >= 11 is 7.99. The maximum atomic E-state index is 11.3. The highest BCUT2D eigenvalue weighted by Gasteiger charge is 2.00. The Labute approximate surface area is 86.5 Å². The number of fused-ring (bicyclic) bond motifs is 1. The molecule has 0 aliphatic heterocycles. The Morgan fingerprint density at radius 1 is 1.46 bits per heavy atom. The summed E-state index contributed by atoms with van der Waals surface area (Å²) in [6.07, 6.45) is 0. The van der Waals surface area contributed by atoms with Gasteiger partial charge >= 0.3 is 0 Å².